The van der Waals surface area contributed by atoms with Gasteiger partial charge in [0, 0.05) is 21.7 Å². The van der Waals surface area contributed by atoms with Crippen LogP contribution in [-0.2, 0) is 0 Å². The molecule has 0 amide bonds. The maximum atomic E-state index is 12.9. The van der Waals surface area contributed by atoms with Crippen LogP contribution >= 0.6 is 20.7 Å². The lowest BCUT2D eigenvalue weighted by Gasteiger charge is -2.07. The van der Waals surface area contributed by atoms with Crippen molar-refractivity contribution in [2.75, 3.05) is 0 Å². The monoisotopic (exact) mass is 438 g/mol. The Morgan fingerprint density at radius 1 is 0.840 bits per heavy atom. The van der Waals surface area contributed by atoms with Crippen molar-refractivity contribution in [3.8, 4) is 0 Å². The molecule has 2 aromatic carbocycles. The van der Waals surface area contributed by atoms with Gasteiger partial charge in [0.1, 0.15) is 0 Å². The fraction of sp³-hybridized carbons (Fsp3) is 0. The van der Waals surface area contributed by atoms with Crippen LogP contribution in [0.2, 0.25) is 0 Å². The van der Waals surface area contributed by atoms with Crippen LogP contribution in [0.15, 0.2) is 50.1 Å². The first kappa shape index (κ1) is 14.6. The highest BCUT2D eigenvalue weighted by molar-refractivity contribution is 14.2. The molecule has 0 spiro atoms. The van der Waals surface area contributed by atoms with Gasteiger partial charge in [-0.3, -0.25) is 9.59 Å². The highest BCUT2D eigenvalue weighted by Crippen LogP contribution is 2.22. The second-order valence-corrected chi connectivity index (χ2v) is 7.84. The summed E-state index contributed by atoms with van der Waals surface area (Å²) in [5.74, 6) is 0. The number of pyridine rings is 2. The number of hydrogen-bond acceptors (Lipinski definition) is 2. The van der Waals surface area contributed by atoms with E-state index in [-0.39, 0.29) is 31.6 Å². The van der Waals surface area contributed by atoms with Gasteiger partial charge in [0.15, 0.2) is 10.9 Å². The van der Waals surface area contributed by atoms with Crippen LogP contribution in [0.1, 0.15) is 11.3 Å². The normalized spacial score (nSPS) is 13.1. The van der Waals surface area contributed by atoms with Crippen LogP contribution in [-0.4, -0.2) is 13.6 Å². The van der Waals surface area contributed by atoms with Crippen LogP contribution < -0.4 is 10.9 Å². The van der Waals surface area contributed by atoms with Gasteiger partial charge in [-0.15, -0.1) is 0 Å². The molecule has 2 N–H and O–H groups in total. The largest absolute Gasteiger partial charge is 0.354 e. The third kappa shape index (κ3) is 2.17. The minimum atomic E-state index is -0.283. The summed E-state index contributed by atoms with van der Waals surface area (Å²) < 4.78 is 5.26. The molecule has 0 atom stereocenters. The summed E-state index contributed by atoms with van der Waals surface area (Å²) in [5, 5.41) is 1.80. The molecule has 4 nitrogen and oxygen atoms in total. The van der Waals surface area contributed by atoms with Gasteiger partial charge in [0.25, 0.3) is 0 Å². The van der Waals surface area contributed by atoms with Crippen LogP contribution in [0, 0.1) is 0 Å². The highest BCUT2D eigenvalue weighted by atomic mass is 127. The Morgan fingerprint density at radius 3 is 2.48 bits per heavy atom. The number of fused-ring (bicyclic) bond motifs is 4. The molecular formula is C20H11IN2O2. The Bertz CT molecular complexity index is 1420. The zero-order chi connectivity index (χ0) is 17.0. The van der Waals surface area contributed by atoms with Gasteiger partial charge in [-0.25, -0.2) is 0 Å². The summed E-state index contributed by atoms with van der Waals surface area (Å²) in [6.45, 7) is 0. The molecule has 120 valence electrons. The topological polar surface area (TPSA) is 65.7 Å². The molecule has 0 unspecified atom stereocenters. The van der Waals surface area contributed by atoms with Gasteiger partial charge in [-0.1, -0.05) is 15.8 Å². The standard InChI is InChI=1S/C20H11IN2O2/c24-19-11-3-1-2-4-15(11)22-17-10-14-18(9-13(17)19)23-16-6-8-21-7-5-12(16)20(14)25/h1-6,8-10H,(H,22,24)(H,23,25). The molecule has 5 rings (SSSR count). The van der Waals surface area contributed by atoms with Crippen LogP contribution in [0.4, 0.5) is 0 Å². The fourth-order valence-electron chi connectivity index (χ4n) is 3.23. The molecule has 0 saturated heterocycles. The maximum Gasteiger partial charge on any atom is 0.197 e. The summed E-state index contributed by atoms with van der Waals surface area (Å²) >= 11 is -0.283. The van der Waals surface area contributed by atoms with E-state index in [1.165, 1.54) is 0 Å². The molecule has 4 aromatic rings. The lowest BCUT2D eigenvalue weighted by Crippen LogP contribution is -2.11. The van der Waals surface area contributed by atoms with E-state index in [0.29, 0.717) is 32.8 Å². The van der Waals surface area contributed by atoms with E-state index in [9.17, 15) is 9.59 Å². The summed E-state index contributed by atoms with van der Waals surface area (Å²) in [4.78, 5) is 32.3. The number of para-hydroxylation sites is 1. The SMILES string of the molecule is O=c1c2c([nH]c3cc4c(=O)c5ccccc5[nH]c4cc13)C=CI=C=C2. The first-order valence-electron chi connectivity index (χ1n) is 7.75. The molecule has 1 aliphatic heterocycles. The van der Waals surface area contributed by atoms with Gasteiger partial charge < -0.3 is 9.97 Å². The van der Waals surface area contributed by atoms with Crippen molar-refractivity contribution in [2.24, 2.45) is 0 Å². The molecule has 3 heterocycles. The van der Waals surface area contributed by atoms with E-state index >= 15 is 0 Å². The fourth-order valence-corrected chi connectivity index (χ4v) is 4.47. The second-order valence-electron chi connectivity index (χ2n) is 5.88. The van der Waals surface area contributed by atoms with Gasteiger partial charge in [0.2, 0.25) is 0 Å². The molecule has 0 aliphatic carbocycles. The molecule has 0 bridgehead atoms. The molecular weight excluding hydrogens is 427 g/mol. The average Bonchev–Trinajstić information content (AvgIpc) is 2.87. The number of H-pyrrole nitrogens is 2. The average molecular weight is 438 g/mol. The molecule has 25 heavy (non-hydrogen) atoms. The lowest BCUT2D eigenvalue weighted by atomic mass is 10.0. The molecule has 1 aliphatic rings. The predicted molar refractivity (Wildman–Crippen MR) is 113 cm³/mol. The van der Waals surface area contributed by atoms with Gasteiger partial charge >= 0.3 is 0 Å². The van der Waals surface area contributed by atoms with Crippen molar-refractivity contribution in [3.05, 3.63) is 72.2 Å². The van der Waals surface area contributed by atoms with Crippen molar-refractivity contribution >= 4 is 69.3 Å². The number of halogens is 1. The predicted octanol–water partition coefficient (Wildman–Crippen LogP) is 3.89. The van der Waals surface area contributed by atoms with E-state index in [0.717, 1.165) is 11.2 Å². The maximum absolute atomic E-state index is 12.9. The number of hydrogen-bond donors (Lipinski definition) is 2. The zero-order valence-electron chi connectivity index (χ0n) is 12.9. The van der Waals surface area contributed by atoms with Gasteiger partial charge in [-0.05, 0) is 61.2 Å². The third-order valence-corrected chi connectivity index (χ3v) is 5.84. The summed E-state index contributed by atoms with van der Waals surface area (Å²) in [7, 11) is 0. The highest BCUT2D eigenvalue weighted by Gasteiger charge is 2.12. The smallest absolute Gasteiger partial charge is 0.197 e. The van der Waals surface area contributed by atoms with Crippen LogP contribution in [0.5, 0.6) is 0 Å². The summed E-state index contributed by atoms with van der Waals surface area (Å²) in [6.07, 6.45) is 3.73. The molecule has 5 heteroatoms. The number of aromatic amines is 2. The summed E-state index contributed by atoms with van der Waals surface area (Å²) in [5.41, 5.74) is 3.45. The van der Waals surface area contributed by atoms with E-state index in [1.54, 1.807) is 18.2 Å². The molecule has 0 fully saturated rings. The molecule has 2 aromatic heterocycles. The van der Waals surface area contributed by atoms with Crippen molar-refractivity contribution in [1.29, 1.82) is 0 Å². The van der Waals surface area contributed by atoms with E-state index in [4.69, 9.17) is 0 Å². The van der Waals surface area contributed by atoms with E-state index in [2.05, 4.69) is 17.7 Å². The third-order valence-electron chi connectivity index (χ3n) is 4.45. The summed E-state index contributed by atoms with van der Waals surface area (Å²) in [6, 6.07) is 11.0. The quantitative estimate of drug-likeness (QED) is 0.323. The molecule has 0 radical (unpaired) electrons. The Kier molecular flexibility index (Phi) is 3.13. The minimum absolute atomic E-state index is 0.0309. The number of aromatic nitrogens is 2. The Labute approximate surface area is 151 Å². The Morgan fingerprint density at radius 2 is 1.60 bits per heavy atom. The van der Waals surface area contributed by atoms with E-state index in [1.807, 2.05) is 30.3 Å². The Balaban J connectivity index is 1.99. The molecule has 0 saturated carbocycles. The van der Waals surface area contributed by atoms with Crippen molar-refractivity contribution in [1.82, 2.24) is 9.97 Å². The van der Waals surface area contributed by atoms with Gasteiger partial charge in [-0.2, -0.15) is 0 Å². The van der Waals surface area contributed by atoms with Gasteiger partial charge in [0.05, 0.1) is 22.3 Å². The van der Waals surface area contributed by atoms with Crippen LogP contribution in [0.3, 0.4) is 0 Å². The Hall–Kier alpha value is -2.76. The first-order chi connectivity index (χ1) is 12.2. The minimum Gasteiger partial charge on any atom is -0.354 e. The number of benzene rings is 2. The number of rotatable bonds is 0. The first-order valence-corrected chi connectivity index (χ1v) is 10.1. The zero-order valence-corrected chi connectivity index (χ0v) is 15.0. The van der Waals surface area contributed by atoms with Crippen LogP contribution in [0.25, 0.3) is 44.9 Å². The lowest BCUT2D eigenvalue weighted by molar-refractivity contribution is 1.34. The second kappa shape index (κ2) is 5.37. The van der Waals surface area contributed by atoms with Crippen molar-refractivity contribution in [2.45, 2.75) is 0 Å². The van der Waals surface area contributed by atoms with Crippen molar-refractivity contribution in [3.63, 3.8) is 0 Å². The number of nitrogens with one attached hydrogen (secondary N) is 2. The van der Waals surface area contributed by atoms with Crippen molar-refractivity contribution < 1.29 is 0 Å². The van der Waals surface area contributed by atoms with E-state index < -0.39 is 0 Å².